The molecular weight excluding hydrogens is 369 g/mol. The molecule has 7 heteroatoms. The zero-order chi connectivity index (χ0) is 20.5. The molecule has 1 atom stereocenters. The maximum atomic E-state index is 13.4. The van der Waals surface area contributed by atoms with Gasteiger partial charge in [-0.3, -0.25) is 14.7 Å². The molecule has 148 valence electrons. The van der Waals surface area contributed by atoms with E-state index in [1.54, 1.807) is 19.1 Å². The lowest BCUT2D eigenvalue weighted by Gasteiger charge is -2.27. The Hall–Kier alpha value is -3.48. The Kier molecular flexibility index (Phi) is 4.88. The lowest BCUT2D eigenvalue weighted by atomic mass is 10.0. The molecule has 6 nitrogen and oxygen atoms in total. The number of rotatable bonds is 3. The van der Waals surface area contributed by atoms with Gasteiger partial charge in [0.15, 0.2) is 6.17 Å². The molecule has 2 heterocycles. The molecule has 0 saturated heterocycles. The Morgan fingerprint density at radius 1 is 1.10 bits per heavy atom. The van der Waals surface area contributed by atoms with Gasteiger partial charge in [0, 0.05) is 17.4 Å². The van der Waals surface area contributed by atoms with E-state index in [-0.39, 0.29) is 11.4 Å². The summed E-state index contributed by atoms with van der Waals surface area (Å²) >= 11 is 0. The maximum absolute atomic E-state index is 13.4. The van der Waals surface area contributed by atoms with Crippen LogP contribution < -0.4 is 16.2 Å². The number of fused-ring (bicyclic) bond motifs is 1. The number of halogens is 1. The zero-order valence-electron chi connectivity index (χ0n) is 16.5. The number of benzene rings is 2. The molecule has 29 heavy (non-hydrogen) atoms. The number of hydrogen-bond acceptors (Lipinski definition) is 5. The molecule has 0 bridgehead atoms. The predicted octanol–water partition coefficient (Wildman–Crippen LogP) is 4.25. The van der Waals surface area contributed by atoms with Gasteiger partial charge in [-0.05, 0) is 48.2 Å². The van der Waals surface area contributed by atoms with E-state index in [4.69, 9.17) is 0 Å². The van der Waals surface area contributed by atoms with Crippen LogP contribution in [-0.4, -0.2) is 15.5 Å². The molecule has 0 spiro atoms. The topological polar surface area (TPSA) is 71.3 Å². The lowest BCUT2D eigenvalue weighted by molar-refractivity contribution is 0.573. The number of hydrogen-bond donors (Lipinski definition) is 2. The van der Waals surface area contributed by atoms with Crippen LogP contribution in [0.4, 0.5) is 16.0 Å². The number of aryl methyl sites for hydroxylation is 1. The van der Waals surface area contributed by atoms with Gasteiger partial charge in [-0.15, -0.1) is 0 Å². The molecule has 0 amide bonds. The van der Waals surface area contributed by atoms with Crippen LogP contribution in [0, 0.1) is 12.7 Å². The predicted molar refractivity (Wildman–Crippen MR) is 113 cm³/mol. The van der Waals surface area contributed by atoms with E-state index in [0.29, 0.717) is 29.1 Å². The first-order chi connectivity index (χ1) is 13.9. The number of aliphatic imine (C=N–C) groups is 1. The first-order valence-electron chi connectivity index (χ1n) is 9.48. The summed E-state index contributed by atoms with van der Waals surface area (Å²) in [6, 6.07) is 15.5. The van der Waals surface area contributed by atoms with Crippen LogP contribution in [0.2, 0.25) is 0 Å². The molecule has 2 aromatic carbocycles. The zero-order valence-corrected chi connectivity index (χ0v) is 16.5. The molecule has 0 radical (unpaired) electrons. The third-order valence-corrected chi connectivity index (χ3v) is 4.81. The Bertz CT molecular complexity index is 1120. The van der Waals surface area contributed by atoms with E-state index < -0.39 is 6.17 Å². The van der Waals surface area contributed by atoms with E-state index in [9.17, 15) is 9.18 Å². The minimum Gasteiger partial charge on any atom is -0.326 e. The van der Waals surface area contributed by atoms with Crippen molar-refractivity contribution >= 4 is 17.6 Å². The second-order valence-corrected chi connectivity index (χ2v) is 7.36. The van der Waals surface area contributed by atoms with Gasteiger partial charge in [0.1, 0.15) is 5.82 Å². The summed E-state index contributed by atoms with van der Waals surface area (Å²) in [4.78, 5) is 21.7. The Morgan fingerprint density at radius 3 is 2.45 bits per heavy atom. The molecule has 1 unspecified atom stereocenters. The summed E-state index contributed by atoms with van der Waals surface area (Å²) in [5.74, 6) is 0.961. The Labute approximate surface area is 168 Å². The summed E-state index contributed by atoms with van der Waals surface area (Å²) in [6.07, 6.45) is -0.648. The van der Waals surface area contributed by atoms with E-state index in [2.05, 4.69) is 46.6 Å². The van der Waals surface area contributed by atoms with Crippen molar-refractivity contribution in [2.45, 2.75) is 32.9 Å². The molecule has 1 aromatic heterocycles. The van der Waals surface area contributed by atoms with Crippen LogP contribution in [0.1, 0.15) is 42.8 Å². The average Bonchev–Trinajstić information content (AvgIpc) is 2.68. The fourth-order valence-electron chi connectivity index (χ4n) is 3.26. The first kappa shape index (κ1) is 18.9. The smallest absolute Gasteiger partial charge is 0.257 e. The molecule has 2 N–H and O–H groups in total. The monoisotopic (exact) mass is 391 g/mol. The van der Waals surface area contributed by atoms with Crippen LogP contribution in [0.25, 0.3) is 0 Å². The van der Waals surface area contributed by atoms with Crippen LogP contribution in [0.5, 0.6) is 0 Å². The summed E-state index contributed by atoms with van der Waals surface area (Å²) in [7, 11) is 0. The lowest BCUT2D eigenvalue weighted by Crippen LogP contribution is -2.37. The van der Waals surface area contributed by atoms with Crippen molar-refractivity contribution in [2.24, 2.45) is 4.99 Å². The van der Waals surface area contributed by atoms with Crippen molar-refractivity contribution in [3.8, 4) is 0 Å². The molecule has 0 aliphatic carbocycles. The Balaban J connectivity index is 1.73. The van der Waals surface area contributed by atoms with Gasteiger partial charge >= 0.3 is 0 Å². The van der Waals surface area contributed by atoms with Gasteiger partial charge in [0.2, 0.25) is 11.9 Å². The molecule has 4 rings (SSSR count). The van der Waals surface area contributed by atoms with Crippen molar-refractivity contribution in [3.05, 3.63) is 87.6 Å². The van der Waals surface area contributed by atoms with Crippen molar-refractivity contribution in [1.29, 1.82) is 0 Å². The second-order valence-electron chi connectivity index (χ2n) is 7.36. The van der Waals surface area contributed by atoms with Gasteiger partial charge in [-0.25, -0.2) is 14.4 Å². The quantitative estimate of drug-likeness (QED) is 0.700. The molecular formula is C22H22FN5O. The fourth-order valence-corrected chi connectivity index (χ4v) is 3.26. The third-order valence-electron chi connectivity index (χ3n) is 4.81. The highest BCUT2D eigenvalue weighted by Crippen LogP contribution is 2.26. The minimum atomic E-state index is -0.648. The second kappa shape index (κ2) is 7.50. The number of nitrogens with zero attached hydrogens (tertiary/aromatic N) is 3. The normalized spacial score (nSPS) is 15.5. The van der Waals surface area contributed by atoms with Crippen molar-refractivity contribution in [3.63, 3.8) is 0 Å². The maximum Gasteiger partial charge on any atom is 0.257 e. The van der Waals surface area contributed by atoms with E-state index >= 15 is 0 Å². The molecule has 0 saturated carbocycles. The molecule has 1 aliphatic rings. The van der Waals surface area contributed by atoms with Gasteiger partial charge < -0.3 is 5.32 Å². The van der Waals surface area contributed by atoms with Crippen molar-refractivity contribution in [2.75, 3.05) is 10.6 Å². The third kappa shape index (κ3) is 3.89. The average molecular weight is 391 g/mol. The van der Waals surface area contributed by atoms with Crippen LogP contribution in [-0.2, 0) is 0 Å². The standard InChI is InChI=1S/C22H22FN5O/c1-13(2)15-6-10-18(11-7-15)25-21-26-20(16-4-8-17(23)9-5-16)28-19(29)12-14(3)24-22(28)27-21/h4-13,20H,1-3H3,(H2,24,25,26,27). The highest BCUT2D eigenvalue weighted by molar-refractivity contribution is 6.03. The highest BCUT2D eigenvalue weighted by atomic mass is 19.1. The number of nitrogens with one attached hydrogen (secondary N) is 2. The van der Waals surface area contributed by atoms with Gasteiger partial charge in [-0.2, -0.15) is 0 Å². The van der Waals surface area contributed by atoms with Crippen LogP contribution in [0.3, 0.4) is 0 Å². The van der Waals surface area contributed by atoms with E-state index in [1.807, 2.05) is 12.1 Å². The Morgan fingerprint density at radius 2 is 1.79 bits per heavy atom. The summed E-state index contributed by atoms with van der Waals surface area (Å²) in [6.45, 7) is 6.05. The molecule has 1 aliphatic heterocycles. The van der Waals surface area contributed by atoms with Crippen molar-refractivity contribution < 1.29 is 4.39 Å². The summed E-state index contributed by atoms with van der Waals surface area (Å²) in [5.41, 5.74) is 3.18. The van der Waals surface area contributed by atoms with Crippen molar-refractivity contribution in [1.82, 2.24) is 9.55 Å². The summed E-state index contributed by atoms with van der Waals surface area (Å²) in [5, 5.41) is 6.34. The fraction of sp³-hybridized carbons (Fsp3) is 0.227. The van der Waals surface area contributed by atoms with Gasteiger partial charge in [0.05, 0.1) is 0 Å². The van der Waals surface area contributed by atoms with Crippen LogP contribution >= 0.6 is 0 Å². The van der Waals surface area contributed by atoms with Gasteiger partial charge in [-0.1, -0.05) is 38.1 Å². The minimum absolute atomic E-state index is 0.224. The van der Waals surface area contributed by atoms with Gasteiger partial charge in [0.25, 0.3) is 5.56 Å². The number of anilines is 2. The van der Waals surface area contributed by atoms with E-state index in [0.717, 1.165) is 5.69 Å². The largest absolute Gasteiger partial charge is 0.326 e. The molecule has 0 fully saturated rings. The number of guanidine groups is 1. The SMILES string of the molecule is Cc1cc(=O)n2c(n1)NC(Nc1ccc(C(C)C)cc1)=NC2c1ccc(F)cc1. The highest BCUT2D eigenvalue weighted by Gasteiger charge is 2.25. The van der Waals surface area contributed by atoms with Crippen LogP contribution in [0.15, 0.2) is 64.4 Å². The summed E-state index contributed by atoms with van der Waals surface area (Å²) < 4.78 is 14.9. The molecule has 3 aromatic rings. The van der Waals surface area contributed by atoms with E-state index in [1.165, 1.54) is 28.3 Å². The first-order valence-corrected chi connectivity index (χ1v) is 9.48. The number of aromatic nitrogens is 2.